The molecule has 1 aliphatic rings. The Bertz CT molecular complexity index is 1090. The Labute approximate surface area is 154 Å². The van der Waals surface area contributed by atoms with E-state index < -0.39 is 11.2 Å². The maximum atomic E-state index is 12.0. The number of fused-ring (bicyclic) bond motifs is 1. The quantitative estimate of drug-likeness (QED) is 0.713. The zero-order valence-corrected chi connectivity index (χ0v) is 15.5. The number of hydrogen-bond donors (Lipinski definition) is 1. The number of rotatable bonds is 4. The van der Waals surface area contributed by atoms with Gasteiger partial charge in [-0.3, -0.25) is 9.78 Å². The minimum atomic E-state index is -0.532. The molecule has 3 aromatic rings. The molecule has 142 valence electrons. The van der Waals surface area contributed by atoms with Crippen molar-refractivity contribution >= 4 is 0 Å². The van der Waals surface area contributed by atoms with E-state index in [4.69, 9.17) is 4.52 Å². The largest absolute Gasteiger partial charge is 0.339 e. The van der Waals surface area contributed by atoms with Crippen LogP contribution in [-0.2, 0) is 26.4 Å². The molecule has 27 heavy (non-hydrogen) atoms. The molecule has 1 unspecified atom stereocenters. The van der Waals surface area contributed by atoms with Crippen LogP contribution < -0.4 is 11.2 Å². The number of aromatic nitrogens is 7. The van der Waals surface area contributed by atoms with Crippen molar-refractivity contribution in [3.63, 3.8) is 0 Å². The summed E-state index contributed by atoms with van der Waals surface area (Å²) >= 11 is 0. The van der Waals surface area contributed by atoms with Gasteiger partial charge in [-0.15, -0.1) is 5.10 Å². The predicted octanol–water partition coefficient (Wildman–Crippen LogP) is 0.644. The summed E-state index contributed by atoms with van der Waals surface area (Å²) in [5.74, 6) is 1.19. The Morgan fingerprint density at radius 3 is 2.96 bits per heavy atom. The molecular weight excluding hydrogens is 350 g/mol. The fourth-order valence-corrected chi connectivity index (χ4v) is 3.37. The number of H-pyrrole nitrogens is 1. The van der Waals surface area contributed by atoms with E-state index in [9.17, 15) is 9.59 Å². The van der Waals surface area contributed by atoms with Crippen molar-refractivity contribution in [1.29, 1.82) is 0 Å². The molecule has 0 fully saturated rings. The van der Waals surface area contributed by atoms with Gasteiger partial charge < -0.3 is 9.09 Å². The first-order chi connectivity index (χ1) is 12.9. The highest BCUT2D eigenvalue weighted by atomic mass is 16.5. The molecule has 1 atom stereocenters. The van der Waals surface area contributed by atoms with E-state index in [1.165, 1.54) is 10.8 Å². The lowest BCUT2D eigenvalue weighted by Gasteiger charge is -2.19. The van der Waals surface area contributed by atoms with E-state index in [0.29, 0.717) is 11.8 Å². The number of nitrogens with zero attached hydrogens (tertiary/aromatic N) is 6. The first-order valence-electron chi connectivity index (χ1n) is 8.97. The third-order valence-electron chi connectivity index (χ3n) is 4.77. The number of aromatic amines is 1. The molecule has 0 aliphatic heterocycles. The van der Waals surface area contributed by atoms with Crippen molar-refractivity contribution in [2.45, 2.75) is 45.6 Å². The molecule has 1 N–H and O–H groups in total. The van der Waals surface area contributed by atoms with Gasteiger partial charge in [0.2, 0.25) is 11.7 Å². The fraction of sp³-hybridized carbons (Fsp3) is 0.529. The SMILES string of the molecule is CC(C)Cn1nnc2c1CC(c1nc(-c3cn(C)c(=O)[nH]c3=O)no1)CC2. The molecule has 0 bridgehead atoms. The Morgan fingerprint density at radius 1 is 1.37 bits per heavy atom. The molecule has 0 amide bonds. The summed E-state index contributed by atoms with van der Waals surface area (Å²) in [6.07, 6.45) is 3.77. The average Bonchev–Trinajstić information content (AvgIpc) is 3.25. The molecule has 10 heteroatoms. The summed E-state index contributed by atoms with van der Waals surface area (Å²) in [6.45, 7) is 5.10. The van der Waals surface area contributed by atoms with Gasteiger partial charge in [-0.05, 0) is 18.8 Å². The van der Waals surface area contributed by atoms with Crippen LogP contribution in [0.15, 0.2) is 20.3 Å². The molecule has 0 saturated heterocycles. The van der Waals surface area contributed by atoms with Gasteiger partial charge in [0.25, 0.3) is 5.56 Å². The van der Waals surface area contributed by atoms with Crippen molar-refractivity contribution in [2.75, 3.05) is 0 Å². The molecule has 0 radical (unpaired) electrons. The summed E-state index contributed by atoms with van der Waals surface area (Å²) in [7, 11) is 1.55. The van der Waals surface area contributed by atoms with Crippen LogP contribution in [0.5, 0.6) is 0 Å². The predicted molar refractivity (Wildman–Crippen MR) is 95.2 cm³/mol. The van der Waals surface area contributed by atoms with Crippen molar-refractivity contribution in [3.8, 4) is 11.4 Å². The molecule has 3 aromatic heterocycles. The lowest BCUT2D eigenvalue weighted by Crippen LogP contribution is -2.28. The first-order valence-corrected chi connectivity index (χ1v) is 8.97. The van der Waals surface area contributed by atoms with E-state index in [1.807, 2.05) is 4.68 Å². The molecule has 0 spiro atoms. The summed E-state index contributed by atoms with van der Waals surface area (Å²) < 4.78 is 8.68. The molecule has 4 rings (SSSR count). The summed E-state index contributed by atoms with van der Waals surface area (Å²) in [5.41, 5.74) is 1.32. The second-order valence-electron chi connectivity index (χ2n) is 7.37. The van der Waals surface area contributed by atoms with Crippen LogP contribution in [0, 0.1) is 5.92 Å². The monoisotopic (exact) mass is 371 g/mol. The van der Waals surface area contributed by atoms with Gasteiger partial charge in [0, 0.05) is 32.1 Å². The maximum absolute atomic E-state index is 12.0. The van der Waals surface area contributed by atoms with E-state index in [-0.39, 0.29) is 17.3 Å². The van der Waals surface area contributed by atoms with Gasteiger partial charge in [-0.25, -0.2) is 9.48 Å². The first kappa shape index (κ1) is 17.4. The second-order valence-corrected chi connectivity index (χ2v) is 7.37. The highest BCUT2D eigenvalue weighted by Crippen LogP contribution is 2.31. The molecule has 1 aliphatic carbocycles. The van der Waals surface area contributed by atoms with E-state index >= 15 is 0 Å². The third kappa shape index (κ3) is 3.22. The lowest BCUT2D eigenvalue weighted by molar-refractivity contribution is 0.335. The van der Waals surface area contributed by atoms with Gasteiger partial charge in [0.1, 0.15) is 5.56 Å². The van der Waals surface area contributed by atoms with E-state index in [2.05, 4.69) is 39.3 Å². The number of hydrogen-bond acceptors (Lipinski definition) is 7. The standard InChI is InChI=1S/C17H21N7O3/c1-9(2)7-24-13-6-10(4-5-12(13)20-22-24)16-18-14(21-27-16)11-8-23(3)17(26)19-15(11)25/h8-10H,4-7H2,1-3H3,(H,19,25,26). The van der Waals surface area contributed by atoms with Gasteiger partial charge in [-0.1, -0.05) is 24.2 Å². The number of aryl methyl sites for hydroxylation is 2. The normalized spacial score (nSPS) is 16.7. The average molecular weight is 371 g/mol. The number of nitrogens with one attached hydrogen (secondary N) is 1. The van der Waals surface area contributed by atoms with Gasteiger partial charge >= 0.3 is 5.69 Å². The van der Waals surface area contributed by atoms with Crippen LogP contribution in [-0.4, -0.2) is 34.7 Å². The Hall–Kier alpha value is -3.04. The summed E-state index contributed by atoms with van der Waals surface area (Å²) in [5, 5.41) is 12.5. The Morgan fingerprint density at radius 2 is 2.19 bits per heavy atom. The molecule has 10 nitrogen and oxygen atoms in total. The van der Waals surface area contributed by atoms with Crippen molar-refractivity contribution < 1.29 is 4.52 Å². The van der Waals surface area contributed by atoms with Gasteiger partial charge in [0.15, 0.2) is 0 Å². The maximum Gasteiger partial charge on any atom is 0.328 e. The van der Waals surface area contributed by atoms with Crippen LogP contribution in [0.25, 0.3) is 11.4 Å². The van der Waals surface area contributed by atoms with Crippen LogP contribution in [0.4, 0.5) is 0 Å². The third-order valence-corrected chi connectivity index (χ3v) is 4.77. The van der Waals surface area contributed by atoms with E-state index in [1.54, 1.807) is 7.05 Å². The van der Waals surface area contributed by atoms with Crippen LogP contribution in [0.1, 0.15) is 43.5 Å². The minimum absolute atomic E-state index is 0.0507. The molecular formula is C17H21N7O3. The van der Waals surface area contributed by atoms with Gasteiger partial charge in [-0.2, -0.15) is 4.98 Å². The lowest BCUT2D eigenvalue weighted by atomic mass is 9.89. The highest BCUT2D eigenvalue weighted by molar-refractivity contribution is 5.50. The Kier molecular flexibility index (Phi) is 4.25. The van der Waals surface area contributed by atoms with Gasteiger partial charge in [0.05, 0.1) is 11.4 Å². The fourth-order valence-electron chi connectivity index (χ4n) is 3.37. The van der Waals surface area contributed by atoms with E-state index in [0.717, 1.165) is 37.2 Å². The smallest absolute Gasteiger partial charge is 0.328 e. The highest BCUT2D eigenvalue weighted by Gasteiger charge is 2.29. The zero-order chi connectivity index (χ0) is 19.1. The van der Waals surface area contributed by atoms with Crippen molar-refractivity contribution in [1.82, 2.24) is 34.7 Å². The van der Waals surface area contributed by atoms with Crippen LogP contribution in [0.2, 0.25) is 0 Å². The summed E-state index contributed by atoms with van der Waals surface area (Å²) in [6, 6.07) is 0. The van der Waals surface area contributed by atoms with Crippen LogP contribution >= 0.6 is 0 Å². The summed E-state index contributed by atoms with van der Waals surface area (Å²) in [4.78, 5) is 30.2. The van der Waals surface area contributed by atoms with Crippen molar-refractivity contribution in [3.05, 3.63) is 44.3 Å². The minimum Gasteiger partial charge on any atom is -0.339 e. The Balaban J connectivity index is 1.62. The zero-order valence-electron chi connectivity index (χ0n) is 15.5. The van der Waals surface area contributed by atoms with Crippen molar-refractivity contribution in [2.24, 2.45) is 13.0 Å². The molecule has 3 heterocycles. The topological polar surface area (TPSA) is 124 Å². The molecule has 0 aromatic carbocycles. The van der Waals surface area contributed by atoms with Crippen LogP contribution in [0.3, 0.4) is 0 Å². The second kappa shape index (κ2) is 6.60. The molecule has 0 saturated carbocycles.